The highest BCUT2D eigenvalue weighted by Gasteiger charge is 2.21. The van der Waals surface area contributed by atoms with Crippen LogP contribution >= 0.6 is 11.6 Å². The van der Waals surface area contributed by atoms with Crippen LogP contribution in [0.3, 0.4) is 0 Å². The zero-order valence-corrected chi connectivity index (χ0v) is 20.0. The summed E-state index contributed by atoms with van der Waals surface area (Å²) in [6, 6.07) is 26.2. The Morgan fingerprint density at radius 3 is 2.38 bits per heavy atom. The molecule has 2 aliphatic rings. The average molecular weight is 469 g/mol. The van der Waals surface area contributed by atoms with Gasteiger partial charge in [-0.2, -0.15) is 0 Å². The molecule has 0 amide bonds. The van der Waals surface area contributed by atoms with E-state index in [9.17, 15) is 0 Å². The molecule has 0 saturated carbocycles. The molecule has 1 heterocycles. The maximum Gasteiger partial charge on any atom is 0.106 e. The lowest BCUT2D eigenvalue weighted by Gasteiger charge is -2.26. The van der Waals surface area contributed by atoms with Gasteiger partial charge in [-0.05, 0) is 75.2 Å². The summed E-state index contributed by atoms with van der Waals surface area (Å²) in [5, 5.41) is 5.44. The highest BCUT2D eigenvalue weighted by Crippen LogP contribution is 2.34. The highest BCUT2D eigenvalue weighted by molar-refractivity contribution is 6.17. The van der Waals surface area contributed by atoms with Gasteiger partial charge in [0.15, 0.2) is 0 Å². The fourth-order valence-electron chi connectivity index (χ4n) is 4.76. The van der Waals surface area contributed by atoms with E-state index >= 15 is 0 Å². The maximum absolute atomic E-state index is 6.25. The second kappa shape index (κ2) is 10.9. The summed E-state index contributed by atoms with van der Waals surface area (Å²) >= 11 is 5.87. The normalized spacial score (nSPS) is 16.6. The van der Waals surface area contributed by atoms with Crippen LogP contribution in [0, 0.1) is 0 Å². The highest BCUT2D eigenvalue weighted by atomic mass is 35.5. The van der Waals surface area contributed by atoms with E-state index in [1.54, 1.807) is 6.26 Å². The summed E-state index contributed by atoms with van der Waals surface area (Å²) in [6.45, 7) is 1.40. The summed E-state index contributed by atoms with van der Waals surface area (Å²) in [5.74, 6) is 0.559. The Kier molecular flexibility index (Phi) is 7.28. The van der Waals surface area contributed by atoms with E-state index in [1.807, 2.05) is 18.2 Å². The maximum atomic E-state index is 6.25. The van der Waals surface area contributed by atoms with Crippen LogP contribution in [0.15, 0.2) is 97.3 Å². The van der Waals surface area contributed by atoms with Gasteiger partial charge in [0.1, 0.15) is 6.61 Å². The molecule has 0 radical (unpaired) electrons. The minimum Gasteiger partial charge on any atom is -0.497 e. The molecule has 1 aliphatic heterocycles. The van der Waals surface area contributed by atoms with Crippen molar-refractivity contribution in [1.29, 1.82) is 0 Å². The molecule has 0 bridgehead atoms. The molecular weight excluding hydrogens is 440 g/mol. The Hall–Kier alpha value is -3.07. The molecule has 1 unspecified atom stereocenters. The molecule has 0 aromatic heterocycles. The van der Waals surface area contributed by atoms with Crippen LogP contribution in [0.1, 0.15) is 28.7 Å². The van der Waals surface area contributed by atoms with Crippen molar-refractivity contribution < 1.29 is 9.47 Å². The fraction of sp³-hybridized carbons (Fsp3) is 0.226. The van der Waals surface area contributed by atoms with Crippen molar-refractivity contribution in [2.45, 2.75) is 37.9 Å². The first-order chi connectivity index (χ1) is 16.8. The molecule has 0 N–H and O–H groups in total. The monoisotopic (exact) mass is 468 g/mol. The lowest BCUT2D eigenvalue weighted by Crippen LogP contribution is -2.22. The van der Waals surface area contributed by atoms with Crippen molar-refractivity contribution >= 4 is 33.1 Å². The van der Waals surface area contributed by atoms with Crippen molar-refractivity contribution in [2.24, 2.45) is 0 Å². The molecule has 34 heavy (non-hydrogen) atoms. The van der Waals surface area contributed by atoms with E-state index in [-0.39, 0.29) is 6.10 Å². The lowest BCUT2D eigenvalue weighted by molar-refractivity contribution is 0.0321. The van der Waals surface area contributed by atoms with Gasteiger partial charge in [-0.3, -0.25) is 0 Å². The fourth-order valence-corrected chi connectivity index (χ4v) is 4.94. The molecule has 0 saturated heterocycles. The SMILES string of the molecule is C1=CCOC=C1.ClCc1ccc(COC2CCc3c(ccc4c3ccc3ccccc34)C2)cc1. The molecule has 4 aromatic carbocycles. The first kappa shape index (κ1) is 22.7. The number of alkyl halides is 1. The Morgan fingerprint density at radius 1 is 0.824 bits per heavy atom. The van der Waals surface area contributed by atoms with Gasteiger partial charge in [0.25, 0.3) is 0 Å². The predicted molar refractivity (Wildman–Crippen MR) is 142 cm³/mol. The van der Waals surface area contributed by atoms with Gasteiger partial charge in [0.05, 0.1) is 19.0 Å². The van der Waals surface area contributed by atoms with Crippen molar-refractivity contribution in [2.75, 3.05) is 6.61 Å². The zero-order valence-electron chi connectivity index (χ0n) is 19.3. The molecule has 4 aromatic rings. The number of hydrogen-bond donors (Lipinski definition) is 0. The average Bonchev–Trinajstić information content (AvgIpc) is 2.93. The molecule has 2 nitrogen and oxygen atoms in total. The van der Waals surface area contributed by atoms with Crippen LogP contribution in [0.25, 0.3) is 21.5 Å². The minimum atomic E-state index is 0.290. The number of hydrogen-bond acceptors (Lipinski definition) is 2. The van der Waals surface area contributed by atoms with Crippen LogP contribution in [0.4, 0.5) is 0 Å². The first-order valence-corrected chi connectivity index (χ1v) is 12.5. The minimum absolute atomic E-state index is 0.290. The lowest BCUT2D eigenvalue weighted by atomic mass is 9.85. The summed E-state index contributed by atoms with van der Waals surface area (Å²) in [4.78, 5) is 0. The second-order valence-corrected chi connectivity index (χ2v) is 9.07. The van der Waals surface area contributed by atoms with Crippen LogP contribution in [0.5, 0.6) is 0 Å². The van der Waals surface area contributed by atoms with E-state index in [0.717, 1.165) is 31.4 Å². The molecule has 6 rings (SSSR count). The van der Waals surface area contributed by atoms with Crippen molar-refractivity contribution in [3.8, 4) is 0 Å². The Labute approximate surface area is 206 Å². The van der Waals surface area contributed by atoms with Crippen molar-refractivity contribution in [3.63, 3.8) is 0 Å². The van der Waals surface area contributed by atoms with Crippen LogP contribution in [0.2, 0.25) is 0 Å². The second-order valence-electron chi connectivity index (χ2n) is 8.80. The van der Waals surface area contributed by atoms with E-state index in [0.29, 0.717) is 12.5 Å². The summed E-state index contributed by atoms with van der Waals surface area (Å²) in [7, 11) is 0. The molecule has 1 aliphatic carbocycles. The number of ether oxygens (including phenoxy) is 2. The third kappa shape index (κ3) is 5.19. The number of aryl methyl sites for hydroxylation is 1. The number of halogens is 1. The van der Waals surface area contributed by atoms with E-state index in [4.69, 9.17) is 21.1 Å². The number of rotatable bonds is 4. The van der Waals surface area contributed by atoms with Gasteiger partial charge < -0.3 is 9.47 Å². The third-order valence-corrected chi connectivity index (χ3v) is 6.88. The van der Waals surface area contributed by atoms with Gasteiger partial charge >= 0.3 is 0 Å². The van der Waals surface area contributed by atoms with E-state index in [1.165, 1.54) is 38.2 Å². The topological polar surface area (TPSA) is 18.5 Å². The van der Waals surface area contributed by atoms with Gasteiger partial charge in [-0.15, -0.1) is 11.6 Å². The number of fused-ring (bicyclic) bond motifs is 5. The van der Waals surface area contributed by atoms with E-state index in [2.05, 4.69) is 72.8 Å². The standard InChI is InChI=1S/C26H23ClO.C5H6O/c27-16-18-5-7-19(8-6-18)17-28-22-11-14-24-21(15-22)10-13-25-23-4-2-1-3-20(23)9-12-26(24)25;1-2-4-6-5-3-1/h1-10,12-13,22H,11,14-17H2;1-4H,5H2. The van der Waals surface area contributed by atoms with Crippen LogP contribution < -0.4 is 0 Å². The number of allylic oxidation sites excluding steroid dienone is 2. The van der Waals surface area contributed by atoms with Gasteiger partial charge in [0.2, 0.25) is 0 Å². The predicted octanol–water partition coefficient (Wildman–Crippen LogP) is 7.89. The Bertz CT molecular complexity index is 1310. The van der Waals surface area contributed by atoms with Gasteiger partial charge in [-0.1, -0.05) is 78.9 Å². The molecule has 0 fully saturated rings. The molecule has 172 valence electrons. The zero-order chi connectivity index (χ0) is 23.2. The largest absolute Gasteiger partial charge is 0.497 e. The van der Waals surface area contributed by atoms with Crippen LogP contribution in [-0.4, -0.2) is 12.7 Å². The summed E-state index contributed by atoms with van der Waals surface area (Å²) in [6.07, 6.45) is 10.9. The first-order valence-electron chi connectivity index (χ1n) is 11.9. The van der Waals surface area contributed by atoms with Crippen molar-refractivity contribution in [1.82, 2.24) is 0 Å². The number of benzene rings is 4. The van der Waals surface area contributed by atoms with Crippen LogP contribution in [-0.2, 0) is 34.8 Å². The molecule has 0 spiro atoms. The smallest absolute Gasteiger partial charge is 0.106 e. The Balaban J connectivity index is 0.000000351. The Morgan fingerprint density at radius 2 is 1.65 bits per heavy atom. The van der Waals surface area contributed by atoms with Gasteiger partial charge in [0, 0.05) is 5.88 Å². The molecular formula is C31H29ClO2. The summed E-state index contributed by atoms with van der Waals surface area (Å²) < 4.78 is 11.1. The summed E-state index contributed by atoms with van der Waals surface area (Å²) in [5.41, 5.74) is 5.31. The molecule has 3 heteroatoms. The van der Waals surface area contributed by atoms with Crippen molar-refractivity contribution in [3.05, 3.63) is 120 Å². The molecule has 1 atom stereocenters. The van der Waals surface area contributed by atoms with E-state index < -0.39 is 0 Å². The van der Waals surface area contributed by atoms with Gasteiger partial charge in [-0.25, -0.2) is 0 Å². The third-order valence-electron chi connectivity index (χ3n) is 6.58. The quantitative estimate of drug-likeness (QED) is 0.224.